The minimum atomic E-state index is -0.594. The Morgan fingerprint density at radius 3 is 0.786 bits per heavy atom. The molecule has 26 aromatic rings. The lowest BCUT2D eigenvalue weighted by atomic mass is 9.59. The topological polar surface area (TPSA) is 67.9 Å². The summed E-state index contributed by atoms with van der Waals surface area (Å²) in [4.78, 5) is 25.4. The molecule has 2 atom stereocenters. The van der Waals surface area contributed by atoms with Gasteiger partial charge in [-0.2, -0.15) is 0 Å². The number of aromatic nitrogens is 6. The summed E-state index contributed by atoms with van der Waals surface area (Å²) < 4.78 is 5.00. The largest absolute Gasteiger partial charge is 0.310 e. The van der Waals surface area contributed by atoms with E-state index in [9.17, 15) is 0 Å². The summed E-state index contributed by atoms with van der Waals surface area (Å²) in [6.45, 7) is 0. The van der Waals surface area contributed by atoms with Gasteiger partial charge >= 0.3 is 0 Å². The highest BCUT2D eigenvalue weighted by Crippen LogP contribution is 2.79. The van der Waals surface area contributed by atoms with Gasteiger partial charge < -0.3 is 18.9 Å². The van der Waals surface area contributed by atoms with Gasteiger partial charge in [-0.15, -0.1) is 0 Å². The predicted molar refractivity (Wildman–Crippen MR) is 574 cm³/mol. The van der Waals surface area contributed by atoms with Crippen LogP contribution in [0.25, 0.3) is 165 Å². The molecule has 2 unspecified atom stereocenters. The normalized spacial score (nSPS) is 17.0. The molecule has 0 saturated heterocycles. The molecule has 0 saturated carbocycles. The number of hydrogen-bond donors (Lipinski definition) is 0. The molecule has 32 rings (SSSR count). The molecule has 4 heterocycles. The number of fused-ring (bicyclic) bond motifs is 6. The summed E-state index contributed by atoms with van der Waals surface area (Å²) in [6.07, 6.45) is 1.90. The molecule has 0 N–H and O–H groups in total. The summed E-state index contributed by atoms with van der Waals surface area (Å²) in [7, 11) is 0. The Kier molecular flexibility index (Phi) is 15.8. The Bertz CT molecular complexity index is 9360. The van der Waals surface area contributed by atoms with Gasteiger partial charge in [0, 0.05) is 94.3 Å². The first kappa shape index (κ1) is 77.1. The third kappa shape index (κ3) is 9.68. The summed E-state index contributed by atoms with van der Waals surface area (Å²) >= 11 is 0. The first-order valence-electron chi connectivity index (χ1n) is 48.5. The standard InChI is InChI=1S/C68H43N3.C64H37N5/c1-5-20-44(21-6-1)69(45-22-7-2-8-23-45)61-41-38-56-64-50(61)30-17-33-53(64)67-54-34-18-31-51-62(70(46-24-9-3-10-25-46)47-26-11-4-12-27-47)42-39-57(65(51)54)68(56,67)58-40-43-63(52-32-19-35-55(67)66(52)58)71-59-36-15-13-28-48(59)49-29-14-16-37-60(49)71;1-3-16-38(17-4-1)60-66-61(39-18-5-2-6-19-39)68-62(67-60)45-32-34-51-58-44(45)23-14-26-48(58)63-47-25-13-22-43-40(53-28-11-12-37-65-53)31-33-50(57(43)47)64(51,63)52-35-36-56(46-24-15-27-49(63)59(46)52)69-54-29-9-7-20-41(54)42-21-8-10-30-55(42)69/h1-43H;1-37H. The van der Waals surface area contributed by atoms with Crippen LogP contribution in [0.2, 0.25) is 0 Å². The first-order valence-corrected chi connectivity index (χ1v) is 48.5. The lowest BCUT2D eigenvalue weighted by Crippen LogP contribution is -2.42. The number of hydrogen-bond acceptors (Lipinski definition) is 6. The predicted octanol–water partition coefficient (Wildman–Crippen LogP) is 32.3. The molecule has 0 amide bonds. The maximum Gasteiger partial charge on any atom is 0.164 e. The maximum absolute atomic E-state index is 5.29. The Labute approximate surface area is 806 Å². The number of rotatable bonds is 12. The fraction of sp³-hybridized carbons (Fsp3) is 0.0303. The van der Waals surface area contributed by atoms with Crippen LogP contribution in [-0.4, -0.2) is 29.1 Å². The third-order valence-corrected chi connectivity index (χ3v) is 32.2. The van der Waals surface area contributed by atoms with Crippen LogP contribution in [-0.2, 0) is 21.7 Å². The van der Waals surface area contributed by atoms with Crippen molar-refractivity contribution in [3.8, 4) is 56.8 Å². The Hall–Kier alpha value is -18.2. The van der Waals surface area contributed by atoms with Crippen LogP contribution in [0.4, 0.5) is 34.1 Å². The fourth-order valence-corrected chi connectivity index (χ4v) is 27.5. The first-order chi connectivity index (χ1) is 69.5. The number of benzene rings is 22. The van der Waals surface area contributed by atoms with Crippen LogP contribution < -0.4 is 9.80 Å². The molecule has 4 aromatic heterocycles. The van der Waals surface area contributed by atoms with Crippen LogP contribution in [0.15, 0.2) is 485 Å². The van der Waals surface area contributed by atoms with Gasteiger partial charge in [-0.1, -0.05) is 370 Å². The average molecular weight is 1780 g/mol. The number of pyridine rings is 1. The molecule has 6 aliphatic carbocycles. The summed E-state index contributed by atoms with van der Waals surface area (Å²) in [6, 6.07) is 177. The van der Waals surface area contributed by atoms with Crippen molar-refractivity contribution in [1.82, 2.24) is 29.1 Å². The van der Waals surface area contributed by atoms with E-state index in [0.717, 1.165) is 56.1 Å². The van der Waals surface area contributed by atoms with Crippen LogP contribution in [0.5, 0.6) is 0 Å². The van der Waals surface area contributed by atoms with Crippen molar-refractivity contribution in [1.29, 1.82) is 0 Å². The monoisotopic (exact) mass is 1780 g/mol. The lowest BCUT2D eigenvalue weighted by molar-refractivity contribution is 0.492. The van der Waals surface area contributed by atoms with Gasteiger partial charge in [0.1, 0.15) is 0 Å². The van der Waals surface area contributed by atoms with E-state index in [2.05, 4.69) is 456 Å². The van der Waals surface area contributed by atoms with Gasteiger partial charge in [0.15, 0.2) is 17.5 Å². The second kappa shape index (κ2) is 28.7. The van der Waals surface area contributed by atoms with E-state index in [1.807, 2.05) is 48.7 Å². The summed E-state index contributed by atoms with van der Waals surface area (Å²) in [5.74, 6) is 1.96. The van der Waals surface area contributed by atoms with Crippen LogP contribution in [0.1, 0.15) is 66.8 Å². The highest BCUT2D eigenvalue weighted by Gasteiger charge is 2.72. The number of nitrogens with zero attached hydrogens (tertiary/aromatic N) is 8. The van der Waals surface area contributed by atoms with Crippen molar-refractivity contribution in [2.45, 2.75) is 21.7 Å². The average Bonchev–Trinajstić information content (AvgIpc) is 1.44. The molecule has 6 aliphatic rings. The smallest absolute Gasteiger partial charge is 0.164 e. The van der Waals surface area contributed by atoms with Crippen molar-refractivity contribution in [2.75, 3.05) is 9.80 Å². The zero-order valence-corrected chi connectivity index (χ0v) is 75.8. The third-order valence-electron chi connectivity index (χ3n) is 32.2. The van der Waals surface area contributed by atoms with Crippen LogP contribution in [0, 0.1) is 0 Å². The molecule has 0 bridgehead atoms. The quantitative estimate of drug-likeness (QED) is 0.121. The maximum atomic E-state index is 5.29. The van der Waals surface area contributed by atoms with Gasteiger partial charge in [0.25, 0.3) is 0 Å². The van der Waals surface area contributed by atoms with E-state index in [1.54, 1.807) is 0 Å². The van der Waals surface area contributed by atoms with Gasteiger partial charge in [-0.3, -0.25) is 4.98 Å². The summed E-state index contributed by atoms with van der Waals surface area (Å²) in [5, 5.41) is 20.4. The van der Waals surface area contributed by atoms with Gasteiger partial charge in [0.05, 0.1) is 72.2 Å². The van der Waals surface area contributed by atoms with Gasteiger partial charge in [-0.25, -0.2) is 15.0 Å². The van der Waals surface area contributed by atoms with Crippen molar-refractivity contribution in [3.05, 3.63) is 552 Å². The molecule has 648 valence electrons. The molecule has 0 aliphatic heterocycles. The Balaban J connectivity index is 0.000000129. The van der Waals surface area contributed by atoms with E-state index in [-0.39, 0.29) is 0 Å². The summed E-state index contributed by atoms with van der Waals surface area (Å²) in [5.41, 5.74) is 32.9. The van der Waals surface area contributed by atoms with Crippen LogP contribution in [0.3, 0.4) is 0 Å². The van der Waals surface area contributed by atoms with E-state index in [0.29, 0.717) is 17.5 Å². The highest BCUT2D eigenvalue weighted by molar-refractivity contribution is 6.22. The molecule has 0 fully saturated rings. The van der Waals surface area contributed by atoms with Crippen molar-refractivity contribution < 1.29 is 0 Å². The molecule has 140 heavy (non-hydrogen) atoms. The molecule has 22 aromatic carbocycles. The van der Waals surface area contributed by atoms with E-state index in [4.69, 9.17) is 19.9 Å². The highest BCUT2D eigenvalue weighted by atomic mass is 15.2. The van der Waals surface area contributed by atoms with Gasteiger partial charge in [0.2, 0.25) is 0 Å². The second-order valence-corrected chi connectivity index (χ2v) is 38.2. The SMILES string of the molecule is c1ccc(-c2nc(-c3ccccc3)nc(-c3ccc4c5c(cccc35)C35c6cccc7c(-c8ccccn8)ccc(c67)C43c3ccc(-n4c6ccccc6c6ccccc64)c4cccc5c34)n2)cc1.c1ccc(N(c2ccccc2)c2ccc3c4c(cccc24)C24c5cccc6c(N(c7ccccc7)c7ccccc7)ccc(c56)C32c2ccc(-n3c5ccccc5c5ccccc53)c3cccc4c23)cc1. The second-order valence-electron chi connectivity index (χ2n) is 38.2. The Morgan fingerprint density at radius 1 is 0.179 bits per heavy atom. The van der Waals surface area contributed by atoms with Crippen LogP contribution >= 0.6 is 0 Å². The molecular weight excluding hydrogens is 1700 g/mol. The van der Waals surface area contributed by atoms with Crippen molar-refractivity contribution >= 4 is 142 Å². The van der Waals surface area contributed by atoms with E-state index in [1.165, 1.54) is 192 Å². The zero-order valence-electron chi connectivity index (χ0n) is 75.8. The molecule has 0 radical (unpaired) electrons. The lowest BCUT2D eigenvalue weighted by Gasteiger charge is -2.40. The molecule has 8 nitrogen and oxygen atoms in total. The number of para-hydroxylation sites is 8. The van der Waals surface area contributed by atoms with Gasteiger partial charge in [-0.05, 0) is 219 Å². The Morgan fingerprint density at radius 2 is 0.436 bits per heavy atom. The molecule has 0 spiro atoms. The zero-order chi connectivity index (χ0) is 91.4. The molecular formula is C132H80N8. The van der Waals surface area contributed by atoms with E-state index >= 15 is 0 Å². The molecule has 8 heteroatoms. The number of anilines is 6. The van der Waals surface area contributed by atoms with E-state index < -0.39 is 21.7 Å². The minimum absolute atomic E-state index is 0.579. The fourth-order valence-electron chi connectivity index (χ4n) is 27.5. The minimum Gasteiger partial charge on any atom is -0.310 e. The van der Waals surface area contributed by atoms with Crippen molar-refractivity contribution in [2.24, 2.45) is 0 Å². The van der Waals surface area contributed by atoms with Crippen molar-refractivity contribution in [3.63, 3.8) is 0 Å².